The van der Waals surface area contributed by atoms with Crippen LogP contribution in [-0.4, -0.2) is 52.8 Å². The van der Waals surface area contributed by atoms with E-state index in [1.165, 1.54) is 4.90 Å². The van der Waals surface area contributed by atoms with Gasteiger partial charge in [-0.25, -0.2) is 4.79 Å². The minimum Gasteiger partial charge on any atom is -0.507 e. The molecule has 0 saturated carbocycles. The van der Waals surface area contributed by atoms with Crippen LogP contribution in [0.2, 0.25) is 0 Å². The lowest BCUT2D eigenvalue weighted by Crippen LogP contribution is -2.51. The van der Waals surface area contributed by atoms with Crippen molar-refractivity contribution in [2.75, 3.05) is 13.1 Å². The highest BCUT2D eigenvalue weighted by Crippen LogP contribution is 2.26. The van der Waals surface area contributed by atoms with Crippen molar-refractivity contribution in [2.45, 2.75) is 91.0 Å². The van der Waals surface area contributed by atoms with Crippen LogP contribution in [0.1, 0.15) is 69.6 Å². The Labute approximate surface area is 220 Å². The zero-order chi connectivity index (χ0) is 27.2. The number of nitrogens with one attached hydrogen (secondary N) is 2. The van der Waals surface area contributed by atoms with Gasteiger partial charge in [0.1, 0.15) is 23.2 Å². The predicted molar refractivity (Wildman–Crippen MR) is 142 cm³/mol. The number of rotatable bonds is 9. The van der Waals surface area contributed by atoms with Crippen molar-refractivity contribution in [3.05, 3.63) is 52.6 Å². The van der Waals surface area contributed by atoms with Crippen molar-refractivity contribution in [1.29, 1.82) is 0 Å². The lowest BCUT2D eigenvalue weighted by Gasteiger charge is -2.30. The van der Waals surface area contributed by atoms with E-state index in [0.717, 1.165) is 34.6 Å². The van der Waals surface area contributed by atoms with E-state index >= 15 is 0 Å². The molecule has 1 aromatic rings. The molecule has 0 spiro atoms. The third-order valence-corrected chi connectivity index (χ3v) is 6.49. The van der Waals surface area contributed by atoms with Gasteiger partial charge in [0, 0.05) is 19.5 Å². The lowest BCUT2D eigenvalue weighted by molar-refractivity contribution is -0.126. The van der Waals surface area contributed by atoms with Gasteiger partial charge in [-0.3, -0.25) is 9.69 Å². The fraction of sp³-hybridized carbons (Fsp3) is 0.571. The van der Waals surface area contributed by atoms with Crippen LogP contribution in [0.25, 0.3) is 0 Å². The van der Waals surface area contributed by atoms with Gasteiger partial charge in [0.25, 0.3) is 0 Å². The number of carbonyl (C=O) groups is 2. The minimum absolute atomic E-state index is 0.215. The zero-order valence-electron chi connectivity index (χ0n) is 22.7. The SMILES string of the molecule is Cc1cc(CNC(=C2CC=CO2)[C@H](CCCN)NC(=O)[C@@H]2CCCN2C(=O)OC(C)(C)C)cc(C)c1O. The second-order valence-corrected chi connectivity index (χ2v) is 10.8. The molecule has 37 heavy (non-hydrogen) atoms. The third-order valence-electron chi connectivity index (χ3n) is 6.49. The van der Waals surface area contributed by atoms with Gasteiger partial charge in [-0.15, -0.1) is 0 Å². The predicted octanol–water partition coefficient (Wildman–Crippen LogP) is 3.87. The van der Waals surface area contributed by atoms with Crippen molar-refractivity contribution < 1.29 is 24.2 Å². The molecule has 2 amide bonds. The number of nitrogens with two attached hydrogens (primary N) is 1. The van der Waals surface area contributed by atoms with Gasteiger partial charge >= 0.3 is 6.09 Å². The maximum atomic E-state index is 13.5. The quantitative estimate of drug-likeness (QED) is 0.394. The number of amides is 2. The molecule has 2 atom stereocenters. The van der Waals surface area contributed by atoms with Crippen LogP contribution in [0.15, 0.2) is 35.9 Å². The van der Waals surface area contributed by atoms with Gasteiger partial charge < -0.3 is 30.9 Å². The Morgan fingerprint density at radius 2 is 1.97 bits per heavy atom. The summed E-state index contributed by atoms with van der Waals surface area (Å²) in [6.45, 7) is 10.7. The van der Waals surface area contributed by atoms with E-state index in [2.05, 4.69) is 10.6 Å². The summed E-state index contributed by atoms with van der Waals surface area (Å²) in [6, 6.07) is 2.92. The summed E-state index contributed by atoms with van der Waals surface area (Å²) >= 11 is 0. The number of aromatic hydroxyl groups is 1. The molecule has 1 saturated heterocycles. The molecular weight excluding hydrogens is 472 g/mol. The Bertz CT molecular complexity index is 1010. The number of benzene rings is 1. The van der Waals surface area contributed by atoms with Crippen molar-refractivity contribution in [3.63, 3.8) is 0 Å². The fourth-order valence-electron chi connectivity index (χ4n) is 4.72. The number of hydrogen-bond acceptors (Lipinski definition) is 7. The third kappa shape index (κ3) is 7.64. The summed E-state index contributed by atoms with van der Waals surface area (Å²) in [6.07, 6.45) is 6.35. The van der Waals surface area contributed by atoms with E-state index in [1.54, 1.807) is 6.26 Å². The van der Waals surface area contributed by atoms with E-state index in [4.69, 9.17) is 15.2 Å². The fourth-order valence-corrected chi connectivity index (χ4v) is 4.72. The Morgan fingerprint density at radius 3 is 2.57 bits per heavy atom. The Morgan fingerprint density at radius 1 is 1.27 bits per heavy atom. The average Bonchev–Trinajstić information content (AvgIpc) is 3.52. The largest absolute Gasteiger partial charge is 0.507 e. The Kier molecular flexibility index (Phi) is 9.48. The van der Waals surface area contributed by atoms with Crippen LogP contribution in [0.5, 0.6) is 5.75 Å². The minimum atomic E-state index is -0.635. The van der Waals surface area contributed by atoms with Crippen LogP contribution in [0.4, 0.5) is 4.79 Å². The topological polar surface area (TPSA) is 126 Å². The van der Waals surface area contributed by atoms with E-state index < -0.39 is 17.7 Å². The molecule has 2 heterocycles. The van der Waals surface area contributed by atoms with Crippen LogP contribution < -0.4 is 16.4 Å². The zero-order valence-corrected chi connectivity index (χ0v) is 22.7. The Hall–Kier alpha value is -3.20. The van der Waals surface area contributed by atoms with Crippen LogP contribution in [-0.2, 0) is 20.8 Å². The monoisotopic (exact) mass is 514 g/mol. The van der Waals surface area contributed by atoms with E-state index in [0.29, 0.717) is 51.1 Å². The second kappa shape index (κ2) is 12.4. The van der Waals surface area contributed by atoms with Gasteiger partial charge in [-0.05, 0) is 89.6 Å². The number of phenols is 1. The average molecular weight is 515 g/mol. The van der Waals surface area contributed by atoms with Crippen molar-refractivity contribution >= 4 is 12.0 Å². The molecule has 9 nitrogen and oxygen atoms in total. The number of carbonyl (C=O) groups excluding carboxylic acids is 2. The van der Waals surface area contributed by atoms with E-state index in [9.17, 15) is 14.7 Å². The lowest BCUT2D eigenvalue weighted by atomic mass is 10.0. The van der Waals surface area contributed by atoms with Crippen LogP contribution >= 0.6 is 0 Å². The molecule has 204 valence electrons. The summed E-state index contributed by atoms with van der Waals surface area (Å²) in [5, 5.41) is 16.8. The van der Waals surface area contributed by atoms with E-state index in [-0.39, 0.29) is 11.9 Å². The number of likely N-dealkylation sites (tertiary alicyclic amines) is 1. The summed E-state index contributed by atoms with van der Waals surface area (Å²) in [7, 11) is 0. The molecule has 0 unspecified atom stereocenters. The number of aryl methyl sites for hydroxylation is 2. The number of hydrogen-bond donors (Lipinski definition) is 4. The van der Waals surface area contributed by atoms with E-state index in [1.807, 2.05) is 52.8 Å². The second-order valence-electron chi connectivity index (χ2n) is 10.8. The first-order valence-electron chi connectivity index (χ1n) is 13.1. The number of phenolic OH excluding ortho intramolecular Hbond substituents is 1. The summed E-state index contributed by atoms with van der Waals surface area (Å²) < 4.78 is 11.3. The summed E-state index contributed by atoms with van der Waals surface area (Å²) in [5.74, 6) is 0.822. The molecule has 0 bridgehead atoms. The molecule has 2 aliphatic heterocycles. The van der Waals surface area contributed by atoms with Gasteiger partial charge in [-0.1, -0.05) is 12.1 Å². The molecule has 0 radical (unpaired) electrons. The maximum absolute atomic E-state index is 13.5. The van der Waals surface area contributed by atoms with Crippen molar-refractivity contribution in [1.82, 2.24) is 15.5 Å². The first-order chi connectivity index (χ1) is 17.5. The molecule has 5 N–H and O–H groups in total. The number of nitrogens with zero attached hydrogens (tertiary/aromatic N) is 1. The highest BCUT2D eigenvalue weighted by molar-refractivity contribution is 5.86. The molecule has 1 fully saturated rings. The molecule has 9 heteroatoms. The first-order valence-corrected chi connectivity index (χ1v) is 13.1. The highest BCUT2D eigenvalue weighted by Gasteiger charge is 2.38. The molecular formula is C28H42N4O5. The van der Waals surface area contributed by atoms with Crippen molar-refractivity contribution in [3.8, 4) is 5.75 Å². The smallest absolute Gasteiger partial charge is 0.410 e. The van der Waals surface area contributed by atoms with Gasteiger partial charge in [0.2, 0.25) is 5.91 Å². The first kappa shape index (κ1) is 28.4. The van der Waals surface area contributed by atoms with Crippen molar-refractivity contribution in [2.24, 2.45) is 5.73 Å². The van der Waals surface area contributed by atoms with Gasteiger partial charge in [-0.2, -0.15) is 0 Å². The molecule has 0 aliphatic carbocycles. The molecule has 3 rings (SSSR count). The van der Waals surface area contributed by atoms with Crippen LogP contribution in [0.3, 0.4) is 0 Å². The normalized spacial score (nSPS) is 19.4. The summed E-state index contributed by atoms with van der Waals surface area (Å²) in [4.78, 5) is 27.8. The standard InChI is InChI=1S/C28H42N4O5/c1-18-15-20(16-19(2)25(18)33)17-30-24(23-11-8-14-36-23)21(9-6-12-29)31-26(34)22-10-7-13-32(22)27(35)37-28(3,4)5/h8,14-16,21-22,30,33H,6-7,9-13,17,29H2,1-5H3,(H,31,34)/t21-,22-/m0/s1. The Balaban J connectivity index is 1.80. The summed E-state index contributed by atoms with van der Waals surface area (Å²) in [5.41, 5.74) is 8.60. The highest BCUT2D eigenvalue weighted by atomic mass is 16.6. The van der Waals surface area contributed by atoms with Gasteiger partial charge in [0.05, 0.1) is 18.0 Å². The maximum Gasteiger partial charge on any atom is 0.410 e. The molecule has 2 aliphatic rings. The van der Waals surface area contributed by atoms with Crippen LogP contribution in [0, 0.1) is 13.8 Å². The van der Waals surface area contributed by atoms with Gasteiger partial charge in [0.15, 0.2) is 0 Å². The molecule has 1 aromatic carbocycles. The number of ether oxygens (including phenoxy) is 2. The number of allylic oxidation sites excluding steroid dienone is 1. The molecule has 0 aromatic heterocycles.